The second kappa shape index (κ2) is 3.94. The van der Waals surface area contributed by atoms with Gasteiger partial charge in [-0.2, -0.15) is 0 Å². The smallest absolute Gasteiger partial charge is 0.354 e. The Hall–Kier alpha value is -2.63. The molecule has 0 radical (unpaired) electrons. The van der Waals surface area contributed by atoms with Crippen molar-refractivity contribution in [1.82, 2.24) is 9.36 Å². The fraction of sp³-hybridized carbons (Fsp3) is 0.154. The normalized spacial score (nSPS) is 14.0. The number of rotatable bonds is 1. The first-order valence-corrected chi connectivity index (χ1v) is 5.80. The third-order valence-corrected chi connectivity index (χ3v) is 3.18. The number of aliphatic carboxylic acids is 1. The van der Waals surface area contributed by atoms with E-state index in [2.05, 4.69) is 0 Å². The number of benzene rings is 1. The Balaban J connectivity index is 2.53. The Bertz CT molecular complexity index is 842. The van der Waals surface area contributed by atoms with E-state index in [4.69, 9.17) is 5.11 Å². The lowest BCUT2D eigenvalue weighted by Gasteiger charge is -2.20. The molecule has 1 N–H and O–H groups in total. The van der Waals surface area contributed by atoms with Gasteiger partial charge < -0.3 is 5.11 Å². The van der Waals surface area contributed by atoms with Crippen molar-refractivity contribution in [3.05, 3.63) is 51.0 Å². The van der Waals surface area contributed by atoms with Crippen LogP contribution in [0.15, 0.2) is 39.9 Å². The van der Waals surface area contributed by atoms with Gasteiger partial charge in [0, 0.05) is 6.54 Å². The molecule has 1 aliphatic rings. The van der Waals surface area contributed by atoms with Gasteiger partial charge in [0.25, 0.3) is 11.1 Å². The monoisotopic (exact) mass is 258 g/mol. The van der Waals surface area contributed by atoms with Crippen molar-refractivity contribution in [3.8, 4) is 0 Å². The van der Waals surface area contributed by atoms with Crippen LogP contribution in [0.2, 0.25) is 0 Å². The molecule has 19 heavy (non-hydrogen) atoms. The summed E-state index contributed by atoms with van der Waals surface area (Å²) in [6.45, 7) is 0.301. The Labute approximate surface area is 106 Å². The predicted molar refractivity (Wildman–Crippen MR) is 69.0 cm³/mol. The molecule has 0 saturated heterocycles. The van der Waals surface area contributed by atoms with Crippen molar-refractivity contribution in [2.24, 2.45) is 0 Å². The number of fused-ring (bicyclic) bond motifs is 2. The van der Waals surface area contributed by atoms with Crippen molar-refractivity contribution in [2.45, 2.75) is 13.0 Å². The number of hydrogen-bond acceptors (Lipinski definition) is 3. The van der Waals surface area contributed by atoms with Gasteiger partial charge in [-0.05, 0) is 24.6 Å². The fourth-order valence-electron chi connectivity index (χ4n) is 2.34. The first kappa shape index (κ1) is 11.5. The third-order valence-electron chi connectivity index (χ3n) is 3.18. The Morgan fingerprint density at radius 1 is 1.11 bits per heavy atom. The maximum Gasteiger partial charge on any atom is 0.354 e. The van der Waals surface area contributed by atoms with Crippen molar-refractivity contribution >= 4 is 22.4 Å². The van der Waals surface area contributed by atoms with Crippen LogP contribution in [-0.2, 0) is 11.3 Å². The Morgan fingerprint density at radius 3 is 2.37 bits per heavy atom. The predicted octanol–water partition coefficient (Wildman–Crippen LogP) is 0.492. The molecule has 2 heterocycles. The molecule has 0 spiro atoms. The van der Waals surface area contributed by atoms with Crippen molar-refractivity contribution in [2.75, 3.05) is 0 Å². The molecule has 0 fully saturated rings. The summed E-state index contributed by atoms with van der Waals surface area (Å²) in [5, 5.41) is 9.68. The van der Waals surface area contributed by atoms with Crippen molar-refractivity contribution in [1.29, 1.82) is 0 Å². The first-order valence-electron chi connectivity index (χ1n) is 5.80. The highest BCUT2D eigenvalue weighted by atomic mass is 16.4. The molecular formula is C13H10N2O4. The quantitative estimate of drug-likeness (QED) is 0.807. The average Bonchev–Trinajstić information content (AvgIpc) is 2.44. The van der Waals surface area contributed by atoms with E-state index in [0.717, 1.165) is 4.68 Å². The molecule has 96 valence electrons. The van der Waals surface area contributed by atoms with Crippen LogP contribution < -0.4 is 11.1 Å². The van der Waals surface area contributed by atoms with Crippen molar-refractivity contribution in [3.63, 3.8) is 0 Å². The van der Waals surface area contributed by atoms with Crippen LogP contribution in [0.5, 0.6) is 0 Å². The second-order valence-corrected chi connectivity index (χ2v) is 4.27. The van der Waals surface area contributed by atoms with Gasteiger partial charge >= 0.3 is 5.97 Å². The van der Waals surface area contributed by atoms with Gasteiger partial charge in [-0.1, -0.05) is 12.1 Å². The van der Waals surface area contributed by atoms with Crippen LogP contribution >= 0.6 is 0 Å². The van der Waals surface area contributed by atoms with Crippen LogP contribution in [0.25, 0.3) is 16.5 Å². The van der Waals surface area contributed by atoms with Crippen LogP contribution in [0.4, 0.5) is 0 Å². The zero-order valence-corrected chi connectivity index (χ0v) is 9.87. The van der Waals surface area contributed by atoms with Gasteiger partial charge in [0.2, 0.25) is 0 Å². The summed E-state index contributed by atoms with van der Waals surface area (Å²) in [5.41, 5.74) is -0.996. The fourth-order valence-corrected chi connectivity index (χ4v) is 2.34. The average molecular weight is 258 g/mol. The van der Waals surface area contributed by atoms with E-state index in [1.165, 1.54) is 16.8 Å². The topological polar surface area (TPSA) is 81.3 Å². The molecule has 0 aliphatic carbocycles. The van der Waals surface area contributed by atoms with E-state index in [1.54, 1.807) is 18.2 Å². The van der Waals surface area contributed by atoms with Crippen LogP contribution in [0, 0.1) is 0 Å². The van der Waals surface area contributed by atoms with E-state index in [1.807, 2.05) is 0 Å². The molecule has 1 aromatic carbocycles. The number of nitrogens with zero attached hydrogens (tertiary/aromatic N) is 2. The minimum absolute atomic E-state index is 0.167. The van der Waals surface area contributed by atoms with E-state index < -0.39 is 11.5 Å². The lowest BCUT2D eigenvalue weighted by atomic mass is 10.2. The lowest BCUT2D eigenvalue weighted by Crippen LogP contribution is -2.41. The van der Waals surface area contributed by atoms with E-state index in [9.17, 15) is 14.4 Å². The first-order chi connectivity index (χ1) is 9.11. The molecular weight excluding hydrogens is 248 g/mol. The maximum atomic E-state index is 12.3. The van der Waals surface area contributed by atoms with Gasteiger partial charge in [0.1, 0.15) is 5.70 Å². The summed E-state index contributed by atoms with van der Waals surface area (Å²) in [6.07, 6.45) is 1.87. The van der Waals surface area contributed by atoms with Crippen LogP contribution in [0.3, 0.4) is 0 Å². The van der Waals surface area contributed by atoms with E-state index in [-0.39, 0.29) is 16.6 Å². The van der Waals surface area contributed by atoms with Gasteiger partial charge in [-0.25, -0.2) is 14.2 Å². The SMILES string of the molecule is O=C(O)C1=CCCn2c(=O)c3ccccc3c(=O)n21. The summed E-state index contributed by atoms with van der Waals surface area (Å²) in [6, 6.07) is 6.43. The van der Waals surface area contributed by atoms with E-state index in [0.29, 0.717) is 18.4 Å². The highest BCUT2D eigenvalue weighted by Crippen LogP contribution is 2.12. The Morgan fingerprint density at radius 2 is 1.74 bits per heavy atom. The number of carboxylic acid groups (broad SMARTS) is 1. The Kier molecular flexibility index (Phi) is 2.38. The number of aromatic nitrogens is 2. The minimum atomic E-state index is -1.22. The summed E-state index contributed by atoms with van der Waals surface area (Å²) >= 11 is 0. The highest BCUT2D eigenvalue weighted by Gasteiger charge is 2.22. The molecule has 1 aromatic heterocycles. The van der Waals surface area contributed by atoms with Gasteiger partial charge in [0.05, 0.1) is 10.8 Å². The van der Waals surface area contributed by atoms with Crippen molar-refractivity contribution < 1.29 is 9.90 Å². The zero-order chi connectivity index (χ0) is 13.6. The van der Waals surface area contributed by atoms with Crippen LogP contribution in [0.1, 0.15) is 6.42 Å². The number of carboxylic acids is 1. The molecule has 0 unspecified atom stereocenters. The third kappa shape index (κ3) is 1.53. The molecule has 1 aliphatic heterocycles. The minimum Gasteiger partial charge on any atom is -0.477 e. The van der Waals surface area contributed by atoms with E-state index >= 15 is 0 Å². The summed E-state index contributed by atoms with van der Waals surface area (Å²) in [5.74, 6) is -1.22. The lowest BCUT2D eigenvalue weighted by molar-refractivity contribution is -0.131. The maximum absolute atomic E-state index is 12.3. The highest BCUT2D eigenvalue weighted by molar-refractivity contribution is 6.08. The number of carbonyl (C=O) groups is 1. The molecule has 0 bridgehead atoms. The molecule has 6 heteroatoms. The standard InChI is InChI=1S/C13H10N2O4/c16-11-8-4-1-2-5-9(8)12(17)15-10(13(18)19)6-3-7-14(11)15/h1-2,4-6H,3,7H2,(H,18,19). The zero-order valence-electron chi connectivity index (χ0n) is 9.87. The summed E-state index contributed by atoms with van der Waals surface area (Å²) in [7, 11) is 0. The van der Waals surface area contributed by atoms with Gasteiger partial charge in [-0.3, -0.25) is 9.59 Å². The molecule has 3 rings (SSSR count). The molecule has 0 amide bonds. The van der Waals surface area contributed by atoms with Gasteiger partial charge in [-0.15, -0.1) is 0 Å². The summed E-state index contributed by atoms with van der Waals surface area (Å²) < 4.78 is 2.14. The summed E-state index contributed by atoms with van der Waals surface area (Å²) in [4.78, 5) is 35.8. The second-order valence-electron chi connectivity index (χ2n) is 4.27. The molecule has 2 aromatic rings. The number of hydrogen-bond donors (Lipinski definition) is 1. The van der Waals surface area contributed by atoms with Crippen LogP contribution in [-0.4, -0.2) is 20.4 Å². The van der Waals surface area contributed by atoms with Gasteiger partial charge in [0.15, 0.2) is 0 Å². The number of allylic oxidation sites excluding steroid dienone is 1. The largest absolute Gasteiger partial charge is 0.477 e. The molecule has 6 nitrogen and oxygen atoms in total. The molecule has 0 atom stereocenters. The molecule has 0 saturated carbocycles.